The molecule has 4 N–H and O–H groups in total. The van der Waals surface area contributed by atoms with Gasteiger partial charge in [-0.15, -0.1) is 0 Å². The van der Waals surface area contributed by atoms with Crippen LogP contribution in [0.25, 0.3) is 0 Å². The Morgan fingerprint density at radius 1 is 1.38 bits per heavy atom. The largest absolute Gasteiger partial charge is 0.478 e. The van der Waals surface area contributed by atoms with Crippen molar-refractivity contribution in [3.63, 3.8) is 0 Å². The van der Waals surface area contributed by atoms with Crippen molar-refractivity contribution >= 4 is 11.7 Å². The zero-order chi connectivity index (χ0) is 9.68. The van der Waals surface area contributed by atoms with Gasteiger partial charge in [0.25, 0.3) is 0 Å². The predicted octanol–water partition coefficient (Wildman–Crippen LogP) is 0.755. The molecule has 0 bridgehead atoms. The maximum atomic E-state index is 10.5. The maximum Gasteiger partial charge on any atom is 0.335 e. The number of carbonyl (C=O) groups is 1. The molecule has 0 atom stereocenters. The molecule has 1 aromatic rings. The van der Waals surface area contributed by atoms with Crippen molar-refractivity contribution in [3.05, 3.63) is 29.8 Å². The van der Waals surface area contributed by atoms with Crippen LogP contribution in [0.2, 0.25) is 0 Å². The van der Waals surface area contributed by atoms with Gasteiger partial charge in [0.2, 0.25) is 0 Å². The first-order chi connectivity index (χ1) is 6.24. The van der Waals surface area contributed by atoms with E-state index in [0.717, 1.165) is 5.69 Å². The average molecular weight is 180 g/mol. The summed E-state index contributed by atoms with van der Waals surface area (Å²) in [6.45, 7) is 1.24. The normalized spacial score (nSPS) is 9.62. The number of carboxylic acids is 1. The van der Waals surface area contributed by atoms with Gasteiger partial charge in [0, 0.05) is 18.8 Å². The van der Waals surface area contributed by atoms with Gasteiger partial charge in [0.15, 0.2) is 0 Å². The molecule has 0 unspecified atom stereocenters. The van der Waals surface area contributed by atoms with Crippen molar-refractivity contribution in [2.75, 3.05) is 18.4 Å². The zero-order valence-corrected chi connectivity index (χ0v) is 7.16. The molecule has 0 radical (unpaired) electrons. The number of hydrogen-bond acceptors (Lipinski definition) is 3. The van der Waals surface area contributed by atoms with E-state index < -0.39 is 5.97 Å². The van der Waals surface area contributed by atoms with Crippen LogP contribution in [0.1, 0.15) is 10.4 Å². The van der Waals surface area contributed by atoms with Crippen LogP contribution in [-0.2, 0) is 0 Å². The van der Waals surface area contributed by atoms with Crippen LogP contribution in [0, 0.1) is 0 Å². The smallest absolute Gasteiger partial charge is 0.335 e. The second kappa shape index (κ2) is 4.47. The molecule has 0 aromatic heterocycles. The molecule has 13 heavy (non-hydrogen) atoms. The Bertz CT molecular complexity index is 282. The van der Waals surface area contributed by atoms with Gasteiger partial charge in [-0.3, -0.25) is 0 Å². The van der Waals surface area contributed by atoms with Crippen LogP contribution in [-0.4, -0.2) is 24.2 Å². The summed E-state index contributed by atoms with van der Waals surface area (Å²) in [5.74, 6) is -0.912. The van der Waals surface area contributed by atoms with Gasteiger partial charge in [0.05, 0.1) is 5.56 Å². The van der Waals surface area contributed by atoms with Crippen molar-refractivity contribution in [2.24, 2.45) is 5.73 Å². The van der Waals surface area contributed by atoms with Gasteiger partial charge >= 0.3 is 5.97 Å². The van der Waals surface area contributed by atoms with Gasteiger partial charge in [-0.25, -0.2) is 4.79 Å². The first-order valence-corrected chi connectivity index (χ1v) is 4.01. The van der Waals surface area contributed by atoms with E-state index in [2.05, 4.69) is 5.32 Å². The Morgan fingerprint density at radius 2 is 2.00 bits per heavy atom. The standard InChI is InChI=1S/C9H12N2O2/c10-5-6-11-8-3-1-7(2-4-8)9(12)13/h1-4,11H,5-6,10H2,(H,12,13). The average Bonchev–Trinajstić information content (AvgIpc) is 2.15. The lowest BCUT2D eigenvalue weighted by Gasteiger charge is -2.03. The van der Waals surface area contributed by atoms with Gasteiger partial charge < -0.3 is 16.2 Å². The van der Waals surface area contributed by atoms with Crippen LogP contribution < -0.4 is 11.1 Å². The van der Waals surface area contributed by atoms with Crippen LogP contribution >= 0.6 is 0 Å². The quantitative estimate of drug-likeness (QED) is 0.639. The lowest BCUT2D eigenvalue weighted by Crippen LogP contribution is -2.13. The van der Waals surface area contributed by atoms with Crippen LogP contribution in [0.15, 0.2) is 24.3 Å². The summed E-state index contributed by atoms with van der Waals surface area (Å²) in [4.78, 5) is 10.5. The van der Waals surface area contributed by atoms with Crippen molar-refractivity contribution in [1.82, 2.24) is 0 Å². The number of rotatable bonds is 4. The van der Waals surface area contributed by atoms with Gasteiger partial charge in [0.1, 0.15) is 0 Å². The summed E-state index contributed by atoms with van der Waals surface area (Å²) < 4.78 is 0. The summed E-state index contributed by atoms with van der Waals surface area (Å²) in [6, 6.07) is 6.56. The highest BCUT2D eigenvalue weighted by atomic mass is 16.4. The second-order valence-corrected chi connectivity index (χ2v) is 2.60. The molecule has 0 aliphatic rings. The van der Waals surface area contributed by atoms with Crippen LogP contribution in [0.5, 0.6) is 0 Å². The number of hydrogen-bond donors (Lipinski definition) is 3. The zero-order valence-electron chi connectivity index (χ0n) is 7.16. The summed E-state index contributed by atoms with van der Waals surface area (Å²) in [6.07, 6.45) is 0. The molecule has 0 aliphatic heterocycles. The molecule has 1 rings (SSSR count). The molecule has 70 valence electrons. The van der Waals surface area contributed by atoms with Crippen molar-refractivity contribution < 1.29 is 9.90 Å². The minimum absolute atomic E-state index is 0.290. The van der Waals surface area contributed by atoms with E-state index >= 15 is 0 Å². The van der Waals surface area contributed by atoms with Crippen molar-refractivity contribution in [3.8, 4) is 0 Å². The highest BCUT2D eigenvalue weighted by Crippen LogP contribution is 2.08. The number of nitrogens with one attached hydrogen (secondary N) is 1. The molecule has 0 saturated carbocycles. The van der Waals surface area contributed by atoms with E-state index in [-0.39, 0.29) is 0 Å². The van der Waals surface area contributed by atoms with Gasteiger partial charge in [-0.1, -0.05) is 0 Å². The number of nitrogens with two attached hydrogens (primary N) is 1. The van der Waals surface area contributed by atoms with E-state index in [1.165, 1.54) is 0 Å². The monoisotopic (exact) mass is 180 g/mol. The SMILES string of the molecule is NCCNc1ccc(C(=O)O)cc1. The molecule has 4 heteroatoms. The summed E-state index contributed by atoms with van der Waals surface area (Å²) in [7, 11) is 0. The molecule has 0 aliphatic carbocycles. The first-order valence-electron chi connectivity index (χ1n) is 4.01. The topological polar surface area (TPSA) is 75.3 Å². The van der Waals surface area contributed by atoms with E-state index in [1.54, 1.807) is 24.3 Å². The van der Waals surface area contributed by atoms with E-state index in [9.17, 15) is 4.79 Å². The fraction of sp³-hybridized carbons (Fsp3) is 0.222. The summed E-state index contributed by atoms with van der Waals surface area (Å²) in [5, 5.41) is 11.7. The molecule has 1 aromatic carbocycles. The molecular weight excluding hydrogens is 168 g/mol. The number of aromatic carboxylic acids is 1. The Labute approximate surface area is 76.4 Å². The van der Waals surface area contributed by atoms with Crippen LogP contribution in [0.3, 0.4) is 0 Å². The molecule has 0 spiro atoms. The van der Waals surface area contributed by atoms with E-state index in [4.69, 9.17) is 10.8 Å². The summed E-state index contributed by atoms with van der Waals surface area (Å²) in [5.41, 5.74) is 6.47. The molecule has 0 amide bonds. The number of benzene rings is 1. The molecule has 4 nitrogen and oxygen atoms in total. The fourth-order valence-electron chi connectivity index (χ4n) is 0.947. The fourth-order valence-corrected chi connectivity index (χ4v) is 0.947. The van der Waals surface area contributed by atoms with Crippen LogP contribution in [0.4, 0.5) is 5.69 Å². The minimum atomic E-state index is -0.912. The second-order valence-electron chi connectivity index (χ2n) is 2.60. The Kier molecular flexibility index (Phi) is 3.28. The van der Waals surface area contributed by atoms with E-state index in [1.807, 2.05) is 0 Å². The van der Waals surface area contributed by atoms with Crippen molar-refractivity contribution in [1.29, 1.82) is 0 Å². The van der Waals surface area contributed by atoms with Crippen molar-refractivity contribution in [2.45, 2.75) is 0 Å². The first kappa shape index (κ1) is 9.54. The third-order valence-corrected chi connectivity index (χ3v) is 1.61. The lowest BCUT2D eigenvalue weighted by molar-refractivity contribution is 0.0697. The molecule has 0 fully saturated rings. The highest BCUT2D eigenvalue weighted by molar-refractivity contribution is 5.87. The van der Waals surface area contributed by atoms with E-state index in [0.29, 0.717) is 18.7 Å². The van der Waals surface area contributed by atoms with Gasteiger partial charge in [-0.2, -0.15) is 0 Å². The highest BCUT2D eigenvalue weighted by Gasteiger charge is 2.00. The minimum Gasteiger partial charge on any atom is -0.478 e. The Balaban J connectivity index is 2.64. The predicted molar refractivity (Wildman–Crippen MR) is 50.9 cm³/mol. The number of anilines is 1. The Morgan fingerprint density at radius 3 is 2.46 bits per heavy atom. The number of carboxylic acid groups (broad SMARTS) is 1. The third-order valence-electron chi connectivity index (χ3n) is 1.61. The molecule has 0 heterocycles. The van der Waals surface area contributed by atoms with Gasteiger partial charge in [-0.05, 0) is 24.3 Å². The molecule has 0 saturated heterocycles. The summed E-state index contributed by atoms with van der Waals surface area (Å²) >= 11 is 0. The maximum absolute atomic E-state index is 10.5. The third kappa shape index (κ3) is 2.76. The lowest BCUT2D eigenvalue weighted by atomic mass is 10.2. The Hall–Kier alpha value is -1.55. The molecular formula is C9H12N2O2.